The molecular formula is C82H90N4. The van der Waals surface area contributed by atoms with Crippen LogP contribution in [0.15, 0.2) is 267 Å². The second-order valence-electron chi connectivity index (χ2n) is 25.3. The lowest BCUT2D eigenvalue weighted by atomic mass is 9.78. The third-order valence-corrected chi connectivity index (χ3v) is 16.5. The van der Waals surface area contributed by atoms with Crippen molar-refractivity contribution in [1.29, 1.82) is 0 Å². The number of anilines is 4. The summed E-state index contributed by atoms with van der Waals surface area (Å²) in [4.78, 5) is 5.32. The van der Waals surface area contributed by atoms with Gasteiger partial charge < -0.3 is 20.4 Å². The smallest absolute Gasteiger partial charge is 0.0426 e. The van der Waals surface area contributed by atoms with Gasteiger partial charge in [-0.05, 0) is 115 Å². The van der Waals surface area contributed by atoms with Crippen LogP contribution >= 0.6 is 0 Å². The molecule has 0 amide bonds. The molecule has 0 fully saturated rings. The van der Waals surface area contributed by atoms with Gasteiger partial charge in [0.1, 0.15) is 0 Å². The predicted octanol–water partition coefficient (Wildman–Crippen LogP) is 20.2. The number of nitrogens with zero attached hydrogens (tertiary/aromatic N) is 2. The van der Waals surface area contributed by atoms with Crippen LogP contribution in [-0.4, -0.2) is 39.3 Å². The Bertz CT molecular complexity index is 2980. The molecule has 10 aromatic carbocycles. The van der Waals surface area contributed by atoms with Crippen LogP contribution in [0.3, 0.4) is 0 Å². The van der Waals surface area contributed by atoms with Gasteiger partial charge >= 0.3 is 0 Å². The van der Waals surface area contributed by atoms with Crippen molar-refractivity contribution >= 4 is 22.7 Å². The van der Waals surface area contributed by atoms with Gasteiger partial charge in [0.2, 0.25) is 0 Å². The standard InChI is InChI=1S/C82H90N4/c1-59(2)55-85(56-60(3)4)71-51-73(77(63-33-17-9-18-34-63)64-35-19-10-20-36-64)81(74(52-71)78(65-37-21-11-22-38-65)66-39-23-12-24-40-66)83-49-50-84-82-75(79(67-41-25-13-26-42-67)68-43-27-14-28-44-68)53-72(86(57-61(5)6)58-62(7)8)54-76(82)80(69-45-29-15-30-46-69)70-47-31-16-32-48-70/h9-48,51-54,59-62,77-80,83-84H,49-50,55-58H2,1-8H3. The van der Waals surface area contributed by atoms with Gasteiger partial charge in [0.25, 0.3) is 0 Å². The predicted molar refractivity (Wildman–Crippen MR) is 369 cm³/mol. The minimum atomic E-state index is -0.0703. The summed E-state index contributed by atoms with van der Waals surface area (Å²) in [6.45, 7) is 23.9. The average Bonchev–Trinajstić information content (AvgIpc) is 0.961. The number of benzene rings is 10. The van der Waals surface area contributed by atoms with Crippen molar-refractivity contribution in [2.24, 2.45) is 23.7 Å². The van der Waals surface area contributed by atoms with Crippen LogP contribution in [0.2, 0.25) is 0 Å². The third-order valence-electron chi connectivity index (χ3n) is 16.5. The van der Waals surface area contributed by atoms with Gasteiger partial charge in [0.05, 0.1) is 0 Å². The Morgan fingerprint density at radius 2 is 0.407 bits per heavy atom. The minimum Gasteiger partial charge on any atom is -0.383 e. The fraction of sp³-hybridized carbons (Fsp3) is 0.268. The molecule has 0 aliphatic carbocycles. The summed E-state index contributed by atoms with van der Waals surface area (Å²) in [5, 5.41) is 8.69. The van der Waals surface area contributed by atoms with Crippen LogP contribution < -0.4 is 20.4 Å². The van der Waals surface area contributed by atoms with E-state index in [1.165, 1.54) is 89.5 Å². The summed E-state index contributed by atoms with van der Waals surface area (Å²) in [6, 6.07) is 99.8. The van der Waals surface area contributed by atoms with E-state index in [9.17, 15) is 0 Å². The lowest BCUT2D eigenvalue weighted by Gasteiger charge is -2.34. The molecule has 0 aliphatic heterocycles. The van der Waals surface area contributed by atoms with Crippen molar-refractivity contribution in [3.63, 3.8) is 0 Å². The summed E-state index contributed by atoms with van der Waals surface area (Å²) in [7, 11) is 0. The largest absolute Gasteiger partial charge is 0.383 e. The van der Waals surface area contributed by atoms with Crippen LogP contribution in [0.25, 0.3) is 0 Å². The van der Waals surface area contributed by atoms with Crippen molar-refractivity contribution in [2.45, 2.75) is 79.1 Å². The number of hydrogen-bond acceptors (Lipinski definition) is 4. The fourth-order valence-corrected chi connectivity index (χ4v) is 13.1. The Labute approximate surface area is 516 Å². The first-order valence-corrected chi connectivity index (χ1v) is 31.7. The zero-order valence-electron chi connectivity index (χ0n) is 52.2. The molecule has 10 aromatic rings. The third kappa shape index (κ3) is 15.1. The normalized spacial score (nSPS) is 11.7. The Morgan fingerprint density at radius 1 is 0.244 bits per heavy atom. The monoisotopic (exact) mass is 1130 g/mol. The molecule has 0 saturated heterocycles. The highest BCUT2D eigenvalue weighted by Crippen LogP contribution is 2.48. The highest BCUT2D eigenvalue weighted by molar-refractivity contribution is 5.75. The van der Waals surface area contributed by atoms with E-state index in [1.54, 1.807) is 0 Å². The molecule has 86 heavy (non-hydrogen) atoms. The van der Waals surface area contributed by atoms with E-state index in [1.807, 2.05) is 0 Å². The molecule has 2 N–H and O–H groups in total. The Kier molecular flexibility index (Phi) is 20.7. The Balaban J connectivity index is 1.22. The summed E-state index contributed by atoms with van der Waals surface area (Å²) < 4.78 is 0. The van der Waals surface area contributed by atoms with E-state index in [2.05, 4.69) is 343 Å². The molecule has 0 radical (unpaired) electrons. The molecule has 4 heteroatoms. The lowest BCUT2D eigenvalue weighted by molar-refractivity contribution is 0.552. The summed E-state index contributed by atoms with van der Waals surface area (Å²) >= 11 is 0. The van der Waals surface area contributed by atoms with Crippen LogP contribution in [0.4, 0.5) is 22.7 Å². The van der Waals surface area contributed by atoms with Crippen LogP contribution in [0, 0.1) is 23.7 Å². The van der Waals surface area contributed by atoms with Gasteiger partial charge in [0, 0.05) is 85.7 Å². The van der Waals surface area contributed by atoms with Crippen molar-refractivity contribution < 1.29 is 0 Å². The van der Waals surface area contributed by atoms with Crippen molar-refractivity contribution in [1.82, 2.24) is 0 Å². The van der Waals surface area contributed by atoms with E-state index in [0.29, 0.717) is 36.8 Å². The average molecular weight is 1130 g/mol. The van der Waals surface area contributed by atoms with Gasteiger partial charge in [0.15, 0.2) is 0 Å². The van der Waals surface area contributed by atoms with Crippen LogP contribution in [0.5, 0.6) is 0 Å². The van der Waals surface area contributed by atoms with E-state index >= 15 is 0 Å². The molecule has 0 spiro atoms. The number of rotatable bonds is 27. The summed E-state index contributed by atoms with van der Waals surface area (Å²) in [6.07, 6.45) is 0. The van der Waals surface area contributed by atoms with Gasteiger partial charge in [-0.3, -0.25) is 0 Å². The Hall–Kier alpha value is -8.60. The maximum Gasteiger partial charge on any atom is 0.0426 e. The minimum absolute atomic E-state index is 0.0703. The first-order chi connectivity index (χ1) is 42.0. The van der Waals surface area contributed by atoms with Crippen LogP contribution in [0.1, 0.15) is 146 Å². The zero-order chi connectivity index (χ0) is 59.8. The van der Waals surface area contributed by atoms with E-state index in [0.717, 1.165) is 26.2 Å². The molecule has 0 unspecified atom stereocenters. The topological polar surface area (TPSA) is 30.5 Å². The first-order valence-electron chi connectivity index (χ1n) is 31.7. The molecule has 0 bridgehead atoms. The molecule has 438 valence electrons. The molecule has 10 rings (SSSR count). The highest BCUT2D eigenvalue weighted by Gasteiger charge is 2.32. The molecule has 0 atom stereocenters. The molecule has 4 nitrogen and oxygen atoms in total. The molecule has 0 saturated carbocycles. The van der Waals surface area contributed by atoms with Crippen molar-refractivity contribution in [2.75, 3.05) is 59.7 Å². The molecular weight excluding hydrogens is 1040 g/mol. The van der Waals surface area contributed by atoms with Crippen molar-refractivity contribution in [3.8, 4) is 0 Å². The van der Waals surface area contributed by atoms with E-state index in [-0.39, 0.29) is 23.7 Å². The molecule has 0 aromatic heterocycles. The molecule has 0 heterocycles. The zero-order valence-corrected chi connectivity index (χ0v) is 52.2. The van der Waals surface area contributed by atoms with Gasteiger partial charge in [-0.2, -0.15) is 0 Å². The fourth-order valence-electron chi connectivity index (χ4n) is 13.1. The number of hydrogen-bond donors (Lipinski definition) is 2. The van der Waals surface area contributed by atoms with E-state index < -0.39 is 0 Å². The maximum atomic E-state index is 4.35. The van der Waals surface area contributed by atoms with Gasteiger partial charge in [-0.15, -0.1) is 0 Å². The quantitative estimate of drug-likeness (QED) is 0.0397. The SMILES string of the molecule is CC(C)CN(CC(C)C)c1cc(C(c2ccccc2)c2ccccc2)c(NCCNc2c(C(c3ccccc3)c3ccccc3)cc(N(CC(C)C)CC(C)C)cc2C(c2ccccc2)c2ccccc2)c(C(c2ccccc2)c2ccccc2)c1. The van der Waals surface area contributed by atoms with Gasteiger partial charge in [-0.25, -0.2) is 0 Å². The highest BCUT2D eigenvalue weighted by atomic mass is 15.1. The second-order valence-corrected chi connectivity index (χ2v) is 25.3. The van der Waals surface area contributed by atoms with Gasteiger partial charge in [-0.1, -0.05) is 298 Å². The maximum absolute atomic E-state index is 4.35. The summed E-state index contributed by atoms with van der Waals surface area (Å²) in [5.41, 5.74) is 20.0. The summed E-state index contributed by atoms with van der Waals surface area (Å²) in [5.74, 6) is 1.58. The Morgan fingerprint density at radius 3 is 0.558 bits per heavy atom. The van der Waals surface area contributed by atoms with Crippen molar-refractivity contribution in [3.05, 3.63) is 334 Å². The first kappa shape index (κ1) is 60.5. The molecule has 0 aliphatic rings. The number of nitrogens with one attached hydrogen (secondary N) is 2. The van der Waals surface area contributed by atoms with E-state index in [4.69, 9.17) is 0 Å². The second kappa shape index (κ2) is 29.5. The lowest BCUT2D eigenvalue weighted by Crippen LogP contribution is -2.32. The van der Waals surface area contributed by atoms with Crippen LogP contribution in [-0.2, 0) is 0 Å².